The van der Waals surface area contributed by atoms with Gasteiger partial charge in [-0.15, -0.1) is 0 Å². The predicted molar refractivity (Wildman–Crippen MR) is 58.5 cm³/mol. The van der Waals surface area contributed by atoms with Gasteiger partial charge in [0, 0.05) is 13.7 Å². The molecule has 0 amide bonds. The van der Waals surface area contributed by atoms with E-state index < -0.39 is 11.2 Å². The number of rotatable bonds is 7. The van der Waals surface area contributed by atoms with Gasteiger partial charge in [-0.2, -0.15) is 0 Å². The second-order valence-corrected chi connectivity index (χ2v) is 4.49. The highest BCUT2D eigenvalue weighted by Crippen LogP contribution is 2.24. The third-order valence-electron chi connectivity index (χ3n) is 2.52. The van der Waals surface area contributed by atoms with Crippen LogP contribution in [0.1, 0.15) is 34.1 Å². The minimum absolute atomic E-state index is 0.555. The topological polar surface area (TPSA) is 38.7 Å². The average molecular weight is 201 g/mol. The fraction of sp³-hybridized carbons (Fsp3) is 1.00. The molecule has 0 rings (SSSR count). The Labute approximate surface area is 88.1 Å². The minimum Gasteiger partial charge on any atom is -0.433 e. The lowest BCUT2D eigenvalue weighted by Crippen LogP contribution is -2.47. The summed E-state index contributed by atoms with van der Waals surface area (Å²) in [4.78, 5) is 0. The number of methoxy groups -OCH3 is 1. The predicted octanol–water partition coefficient (Wildman–Crippen LogP) is 1.63. The summed E-state index contributed by atoms with van der Waals surface area (Å²) in [5.41, 5.74) is -1.40. The first-order valence-corrected chi connectivity index (χ1v) is 5.02. The van der Waals surface area contributed by atoms with E-state index in [0.717, 1.165) is 19.3 Å². The first-order chi connectivity index (χ1) is 6.31. The van der Waals surface area contributed by atoms with Crippen LogP contribution in [-0.4, -0.2) is 37.5 Å². The summed E-state index contributed by atoms with van der Waals surface area (Å²) in [7, 11) is 3.43. The van der Waals surface area contributed by atoms with Crippen LogP contribution in [0.2, 0.25) is 6.32 Å². The average Bonchev–Trinajstić information content (AvgIpc) is 2.02. The molecule has 0 aromatic heterocycles. The van der Waals surface area contributed by atoms with Crippen LogP contribution in [0.5, 0.6) is 0 Å². The highest BCUT2D eigenvalue weighted by atomic mass is 16.5. The van der Waals surface area contributed by atoms with E-state index in [9.17, 15) is 5.11 Å². The Bertz CT molecular complexity index is 152. The van der Waals surface area contributed by atoms with Crippen molar-refractivity contribution in [2.45, 2.75) is 51.6 Å². The van der Waals surface area contributed by atoms with Crippen LogP contribution in [0.25, 0.3) is 0 Å². The molecule has 0 saturated heterocycles. The van der Waals surface area contributed by atoms with Gasteiger partial charge in [-0.1, -0.05) is 0 Å². The molecule has 0 spiro atoms. The van der Waals surface area contributed by atoms with Crippen LogP contribution in [0.3, 0.4) is 0 Å². The number of hydrogen-bond acceptors (Lipinski definition) is 3. The van der Waals surface area contributed by atoms with Crippen molar-refractivity contribution < 1.29 is 14.5 Å². The zero-order chi connectivity index (χ0) is 11.2. The zero-order valence-corrected chi connectivity index (χ0v) is 9.96. The molecule has 0 heterocycles. The van der Waals surface area contributed by atoms with E-state index in [2.05, 4.69) is 0 Å². The van der Waals surface area contributed by atoms with Gasteiger partial charge >= 0.3 is 0 Å². The fourth-order valence-corrected chi connectivity index (χ4v) is 0.722. The Hall–Kier alpha value is -0.0551. The largest absolute Gasteiger partial charge is 0.433 e. The Kier molecular flexibility index (Phi) is 5.71. The van der Waals surface area contributed by atoms with Gasteiger partial charge in [0.15, 0.2) is 0 Å². The monoisotopic (exact) mass is 201 g/mol. The molecule has 0 aliphatic rings. The highest BCUT2D eigenvalue weighted by Gasteiger charge is 2.35. The molecule has 0 aliphatic carbocycles. The number of ether oxygens (including phenoxy) is 1. The molecule has 0 aromatic carbocycles. The van der Waals surface area contributed by atoms with Crippen LogP contribution in [-0.2, 0) is 9.39 Å². The molecule has 3 nitrogen and oxygen atoms in total. The second kappa shape index (κ2) is 5.74. The van der Waals surface area contributed by atoms with Gasteiger partial charge in [-0.25, -0.2) is 0 Å². The standard InChI is InChI=1S/C10H22BO3/c1-9(2,12)10(3,4)14-11-7-6-8-13-5/h12H,6-8H2,1-5H3. The summed E-state index contributed by atoms with van der Waals surface area (Å²) in [6.07, 6.45) is 1.78. The molecule has 83 valence electrons. The lowest BCUT2D eigenvalue weighted by molar-refractivity contribution is -0.0904. The molecule has 0 aliphatic heterocycles. The van der Waals surface area contributed by atoms with E-state index in [-0.39, 0.29) is 0 Å². The van der Waals surface area contributed by atoms with Crippen molar-refractivity contribution in [3.63, 3.8) is 0 Å². The van der Waals surface area contributed by atoms with E-state index in [1.165, 1.54) is 0 Å². The third kappa shape index (κ3) is 4.98. The van der Waals surface area contributed by atoms with E-state index in [1.54, 1.807) is 28.4 Å². The molecule has 0 unspecified atom stereocenters. The SMILES string of the molecule is COCCC[B]OC(C)(C)C(C)(C)O. The maximum atomic E-state index is 9.78. The fourth-order valence-electron chi connectivity index (χ4n) is 0.722. The summed E-state index contributed by atoms with van der Waals surface area (Å²) >= 11 is 0. The van der Waals surface area contributed by atoms with Crippen molar-refractivity contribution in [1.29, 1.82) is 0 Å². The van der Waals surface area contributed by atoms with E-state index >= 15 is 0 Å². The molecule has 1 radical (unpaired) electrons. The minimum atomic E-state index is -0.843. The summed E-state index contributed by atoms with van der Waals surface area (Å²) < 4.78 is 10.4. The van der Waals surface area contributed by atoms with Crippen molar-refractivity contribution in [3.8, 4) is 0 Å². The van der Waals surface area contributed by atoms with Gasteiger partial charge in [0.05, 0.1) is 11.2 Å². The molecule has 4 heteroatoms. The molecule has 14 heavy (non-hydrogen) atoms. The van der Waals surface area contributed by atoms with Crippen molar-refractivity contribution >= 4 is 7.48 Å². The first kappa shape index (κ1) is 13.9. The van der Waals surface area contributed by atoms with Crippen LogP contribution in [0, 0.1) is 0 Å². The molecule has 1 N–H and O–H groups in total. The lowest BCUT2D eigenvalue weighted by atomic mass is 9.84. The lowest BCUT2D eigenvalue weighted by Gasteiger charge is -2.37. The third-order valence-corrected chi connectivity index (χ3v) is 2.52. The van der Waals surface area contributed by atoms with E-state index in [4.69, 9.17) is 9.39 Å². The van der Waals surface area contributed by atoms with E-state index in [0.29, 0.717) is 0 Å². The van der Waals surface area contributed by atoms with Crippen LogP contribution >= 0.6 is 0 Å². The molecular weight excluding hydrogens is 179 g/mol. The number of hydrogen-bond donors (Lipinski definition) is 1. The van der Waals surface area contributed by atoms with Gasteiger partial charge in [-0.3, -0.25) is 0 Å². The summed E-state index contributed by atoms with van der Waals surface area (Å²) in [5.74, 6) is 0. The first-order valence-electron chi connectivity index (χ1n) is 5.02. The van der Waals surface area contributed by atoms with Gasteiger partial charge in [0.25, 0.3) is 7.48 Å². The normalized spacial score (nSPS) is 13.0. The second-order valence-electron chi connectivity index (χ2n) is 4.49. The zero-order valence-electron chi connectivity index (χ0n) is 9.96. The summed E-state index contributed by atoms with van der Waals surface area (Å²) in [6, 6.07) is 0. The molecule has 0 fully saturated rings. The molecule has 0 aromatic rings. The van der Waals surface area contributed by atoms with Crippen molar-refractivity contribution in [2.24, 2.45) is 0 Å². The van der Waals surface area contributed by atoms with Crippen LogP contribution in [0.15, 0.2) is 0 Å². The van der Waals surface area contributed by atoms with Crippen molar-refractivity contribution in [1.82, 2.24) is 0 Å². The summed E-state index contributed by atoms with van der Waals surface area (Å²) in [6.45, 7) is 7.98. The Balaban J connectivity index is 3.67. The van der Waals surface area contributed by atoms with Crippen LogP contribution in [0.4, 0.5) is 0 Å². The van der Waals surface area contributed by atoms with Gasteiger partial charge in [0.1, 0.15) is 0 Å². The molecule has 0 bridgehead atoms. The highest BCUT2D eigenvalue weighted by molar-refractivity contribution is 6.27. The molecule has 0 saturated carbocycles. The molecular formula is C10H22BO3. The van der Waals surface area contributed by atoms with E-state index in [1.807, 2.05) is 13.8 Å². The van der Waals surface area contributed by atoms with Crippen molar-refractivity contribution in [3.05, 3.63) is 0 Å². The van der Waals surface area contributed by atoms with Crippen LogP contribution < -0.4 is 0 Å². The summed E-state index contributed by atoms with van der Waals surface area (Å²) in [5, 5.41) is 9.78. The Morgan fingerprint density at radius 2 is 1.79 bits per heavy atom. The Morgan fingerprint density at radius 3 is 2.21 bits per heavy atom. The van der Waals surface area contributed by atoms with Crippen molar-refractivity contribution in [2.75, 3.05) is 13.7 Å². The maximum absolute atomic E-state index is 9.78. The molecule has 0 atom stereocenters. The Morgan fingerprint density at radius 1 is 1.21 bits per heavy atom. The van der Waals surface area contributed by atoms with Gasteiger partial charge in [0.2, 0.25) is 0 Å². The smallest absolute Gasteiger partial charge is 0.293 e. The quantitative estimate of drug-likeness (QED) is 0.502. The van der Waals surface area contributed by atoms with Gasteiger partial charge < -0.3 is 14.5 Å². The maximum Gasteiger partial charge on any atom is 0.293 e. The van der Waals surface area contributed by atoms with Gasteiger partial charge in [-0.05, 0) is 40.4 Å². The number of aliphatic hydroxyl groups is 1.